The Balaban J connectivity index is 0.00000116. The summed E-state index contributed by atoms with van der Waals surface area (Å²) in [6, 6.07) is -8.81. The van der Waals surface area contributed by atoms with Gasteiger partial charge >= 0.3 is 69.5 Å². The van der Waals surface area contributed by atoms with E-state index in [4.69, 9.17) is 0 Å². The van der Waals surface area contributed by atoms with Crippen molar-refractivity contribution in [1.82, 2.24) is 0 Å². The van der Waals surface area contributed by atoms with Crippen molar-refractivity contribution >= 4 is 28.0 Å². The van der Waals surface area contributed by atoms with Gasteiger partial charge in [0.15, 0.2) is 0 Å². The van der Waals surface area contributed by atoms with Crippen LogP contribution in [0, 0.1) is 0 Å². The summed E-state index contributed by atoms with van der Waals surface area (Å²) in [5, 5.41) is 0. The minimum Gasteiger partial charge on any atom is -0.194 e. The van der Waals surface area contributed by atoms with E-state index in [1.54, 1.807) is 0 Å². The normalized spacial score (nSPS) is 15.8. The smallest absolute Gasteiger partial charge is 0.194 e. The molecule has 0 bridgehead atoms. The van der Waals surface area contributed by atoms with E-state index < -0.39 is 195 Å². The molecule has 0 saturated carbocycles. The first-order chi connectivity index (χ1) is 29.3. The van der Waals surface area contributed by atoms with Gasteiger partial charge in [0.1, 0.15) is 6.15 Å². The van der Waals surface area contributed by atoms with E-state index in [2.05, 4.69) is 24.3 Å². The maximum atomic E-state index is 14.2. The first kappa shape index (κ1) is 55.7. The third-order valence-corrected chi connectivity index (χ3v) is 9.77. The summed E-state index contributed by atoms with van der Waals surface area (Å²) in [4.78, 5) is 0. The SMILES string of the molecule is C1=C\CC/C=C\CC/1.FC(F)(F)c1cc([B-](c2cc(C(F)(F)F)cc(C(F)(F)F)c2)(c2cc(C(F)(F)F)cc(C(F)(F)F)c2)c2cc(C(F)(F)F)cc(C(F)(F)F)c2)cc(C(F)(F)F)c1.[Ir+]. The van der Waals surface area contributed by atoms with Crippen LogP contribution in [0.3, 0.4) is 0 Å². The van der Waals surface area contributed by atoms with Crippen LogP contribution in [0.2, 0.25) is 0 Å². The molecule has 0 nitrogen and oxygen atoms in total. The zero-order valence-corrected chi connectivity index (χ0v) is 34.4. The largest absolute Gasteiger partial charge is 1.00 e. The average Bonchev–Trinajstić information content (AvgIpc) is 3.12. The van der Waals surface area contributed by atoms with Gasteiger partial charge < -0.3 is 0 Å². The molecule has 0 N–H and O–H groups in total. The van der Waals surface area contributed by atoms with Crippen LogP contribution in [0.25, 0.3) is 0 Å². The monoisotopic (exact) mass is 1160 g/mol. The Hall–Kier alpha value is -4.61. The Morgan fingerprint density at radius 2 is 0.348 bits per heavy atom. The van der Waals surface area contributed by atoms with Gasteiger partial charge in [0.05, 0.1) is 44.5 Å². The molecule has 5 rings (SSSR count). The van der Waals surface area contributed by atoms with Crippen molar-refractivity contribution in [3.8, 4) is 0 Å². The van der Waals surface area contributed by atoms with Gasteiger partial charge in [-0.3, -0.25) is 0 Å². The third kappa shape index (κ3) is 13.3. The third-order valence-electron chi connectivity index (χ3n) is 9.77. The van der Waals surface area contributed by atoms with E-state index in [0.29, 0.717) is 0 Å². The van der Waals surface area contributed by atoms with Crippen molar-refractivity contribution in [3.63, 3.8) is 0 Å². The second kappa shape index (κ2) is 19.2. The van der Waals surface area contributed by atoms with E-state index in [-0.39, 0.29) is 20.1 Å². The predicted octanol–water partition coefficient (Wildman–Crippen LogP) is 13.9. The van der Waals surface area contributed by atoms with Crippen molar-refractivity contribution in [2.45, 2.75) is 75.1 Å². The summed E-state index contributed by atoms with van der Waals surface area (Å²) in [5.41, 5.74) is -30.2. The summed E-state index contributed by atoms with van der Waals surface area (Å²) < 4.78 is 341. The summed E-state index contributed by atoms with van der Waals surface area (Å²) >= 11 is 0. The molecule has 0 unspecified atom stereocenters. The maximum absolute atomic E-state index is 14.2. The fourth-order valence-electron chi connectivity index (χ4n) is 6.93. The summed E-state index contributed by atoms with van der Waals surface area (Å²) in [6.07, 6.45) is -40.8. The molecule has 0 radical (unpaired) electrons. The Labute approximate surface area is 369 Å². The van der Waals surface area contributed by atoms with Gasteiger partial charge in [-0.1, -0.05) is 72.8 Å². The van der Waals surface area contributed by atoms with Gasteiger partial charge in [-0.05, 0) is 49.9 Å². The molecule has 1 aliphatic rings. The van der Waals surface area contributed by atoms with Gasteiger partial charge in [-0.2, -0.15) is 127 Å². The molecule has 0 aromatic heterocycles. The van der Waals surface area contributed by atoms with E-state index in [9.17, 15) is 105 Å². The molecular formula is C40H24BF24Ir. The second-order valence-electron chi connectivity index (χ2n) is 14.3. The molecule has 0 heterocycles. The van der Waals surface area contributed by atoms with Crippen LogP contribution in [0.1, 0.15) is 70.2 Å². The molecule has 26 heteroatoms. The first-order valence-corrected chi connectivity index (χ1v) is 17.9. The van der Waals surface area contributed by atoms with Crippen LogP contribution in [0.5, 0.6) is 0 Å². The first-order valence-electron chi connectivity index (χ1n) is 17.9. The zero-order valence-electron chi connectivity index (χ0n) is 32.0. The number of rotatable bonds is 4. The van der Waals surface area contributed by atoms with Gasteiger partial charge in [-0.25, -0.2) is 0 Å². The van der Waals surface area contributed by atoms with Crippen LogP contribution < -0.4 is 21.9 Å². The standard InChI is InChI=1S/C32H12BF24.C8H12.Ir/c34-25(35,36)13-1-14(26(37,38)39)6-21(5-13)33(22-7-15(27(40,41)42)2-16(8-22)28(43,44)45,23-9-17(29(46,47)48)3-18(10-23)30(49,50)51)24-11-19(31(52,53)54)4-20(12-24)32(55,56)57;1-2-4-6-8-7-5-3-1;/h1-12H;1-2,7-8H,3-6H2;/q-1;;+1/b;2-1-,8-7-;. The van der Waals surface area contributed by atoms with Crippen LogP contribution in [0.4, 0.5) is 105 Å². The van der Waals surface area contributed by atoms with Crippen molar-refractivity contribution in [2.24, 2.45) is 0 Å². The summed E-state index contributed by atoms with van der Waals surface area (Å²) in [5.74, 6) is 0. The molecule has 1 aliphatic carbocycles. The van der Waals surface area contributed by atoms with E-state index in [0.717, 1.165) is 0 Å². The molecule has 0 amide bonds. The Morgan fingerprint density at radius 3 is 0.455 bits per heavy atom. The van der Waals surface area contributed by atoms with Gasteiger partial charge in [-0.15, -0.1) is 0 Å². The molecule has 364 valence electrons. The number of allylic oxidation sites excluding steroid dienone is 4. The quantitative estimate of drug-likeness (QED) is 0.109. The molecular weight excluding hydrogens is 1140 g/mol. The molecule has 0 saturated heterocycles. The minimum atomic E-state index is -6.13. The molecule has 4 aromatic rings. The number of halogens is 24. The molecule has 0 aliphatic heterocycles. The molecule has 66 heavy (non-hydrogen) atoms. The fraction of sp³-hybridized carbons (Fsp3) is 0.300. The number of hydrogen-bond acceptors (Lipinski definition) is 0. The zero-order chi connectivity index (χ0) is 49.6. The van der Waals surface area contributed by atoms with Crippen LogP contribution in [0.15, 0.2) is 97.1 Å². The van der Waals surface area contributed by atoms with E-state index >= 15 is 0 Å². The van der Waals surface area contributed by atoms with Crippen molar-refractivity contribution in [1.29, 1.82) is 0 Å². The number of alkyl halides is 24. The molecule has 0 spiro atoms. The molecule has 0 fully saturated rings. The predicted molar refractivity (Wildman–Crippen MR) is 187 cm³/mol. The summed E-state index contributed by atoms with van der Waals surface area (Å²) in [6.45, 7) is 0. The number of benzene rings is 4. The Kier molecular flexibility index (Phi) is 16.2. The van der Waals surface area contributed by atoms with Crippen LogP contribution >= 0.6 is 0 Å². The second-order valence-corrected chi connectivity index (χ2v) is 14.3. The van der Waals surface area contributed by atoms with Crippen molar-refractivity contribution in [2.75, 3.05) is 0 Å². The van der Waals surface area contributed by atoms with Crippen molar-refractivity contribution in [3.05, 3.63) is 142 Å². The van der Waals surface area contributed by atoms with Gasteiger partial charge in [0.25, 0.3) is 0 Å². The van der Waals surface area contributed by atoms with Crippen molar-refractivity contribution < 1.29 is 125 Å². The topological polar surface area (TPSA) is 0 Å². The van der Waals surface area contributed by atoms with E-state index in [1.165, 1.54) is 25.7 Å². The maximum Gasteiger partial charge on any atom is 1.00 e. The van der Waals surface area contributed by atoms with E-state index in [1.807, 2.05) is 0 Å². The van der Waals surface area contributed by atoms with Crippen LogP contribution in [-0.2, 0) is 69.5 Å². The van der Waals surface area contributed by atoms with Gasteiger partial charge in [0, 0.05) is 0 Å². The van der Waals surface area contributed by atoms with Crippen LogP contribution in [-0.4, -0.2) is 6.15 Å². The average molecular weight is 1160 g/mol. The number of hydrogen-bond donors (Lipinski definition) is 0. The fourth-order valence-corrected chi connectivity index (χ4v) is 6.93. The summed E-state index contributed by atoms with van der Waals surface area (Å²) in [7, 11) is 0. The Morgan fingerprint density at radius 1 is 0.227 bits per heavy atom. The van der Waals surface area contributed by atoms with Gasteiger partial charge in [0.2, 0.25) is 0 Å². The molecule has 0 atom stereocenters. The Bertz CT molecular complexity index is 1920. The minimum absolute atomic E-state index is 0. The molecule has 4 aromatic carbocycles.